The molecular weight excluding hydrogens is 1100 g/mol. The van der Waals surface area contributed by atoms with Gasteiger partial charge in [0.15, 0.2) is 6.10 Å². The first kappa shape index (κ1) is 83.9. The molecule has 504 valence electrons. The molecule has 0 aliphatic carbocycles. The molecule has 0 saturated heterocycles. The summed E-state index contributed by atoms with van der Waals surface area (Å²) in [5, 5.41) is 9.75. The average Bonchev–Trinajstić information content (AvgIpc) is 3.64. The minimum Gasteiger partial charge on any atom is -0.477 e. The van der Waals surface area contributed by atoms with Gasteiger partial charge in [0.25, 0.3) is 6.29 Å². The molecule has 0 aromatic carbocycles. The van der Waals surface area contributed by atoms with Crippen LogP contribution in [0.4, 0.5) is 0 Å². The maximum atomic E-state index is 13.0. The lowest BCUT2D eigenvalue weighted by Crippen LogP contribution is -2.40. The normalized spacial score (nSPS) is 13.7. The summed E-state index contributed by atoms with van der Waals surface area (Å²) in [6.45, 7) is 4.63. The molecule has 0 aromatic rings. The molecule has 9 heteroatoms. The Morgan fingerprint density at radius 2 is 0.607 bits per heavy atom. The second kappa shape index (κ2) is 68.8. The largest absolute Gasteiger partial charge is 0.477 e. The maximum Gasteiger partial charge on any atom is 0.361 e. The van der Waals surface area contributed by atoms with Crippen LogP contribution in [0.15, 0.2) is 158 Å². The van der Waals surface area contributed by atoms with Crippen LogP contribution in [0.25, 0.3) is 0 Å². The first-order chi connectivity index (χ1) is 43.6. The zero-order chi connectivity index (χ0) is 64.7. The van der Waals surface area contributed by atoms with E-state index in [-0.39, 0.29) is 38.6 Å². The van der Waals surface area contributed by atoms with E-state index in [1.165, 1.54) is 103 Å². The SMILES string of the molecule is CC/C=C\C/C=C\C/C=C\C/C=C\C/C=C\C/C=C\C/C=C\C/C=C\CCCCCCCCCCCCCCCCCCC(=O)OC(COC(=O)CCCCCCCCC/C=C\C/C=C\C/C=C\C/C=C\C/C=C\CC)COC(OCC[N+](C)(C)C)C(=O)O. The van der Waals surface area contributed by atoms with Gasteiger partial charge in [-0.2, -0.15) is 0 Å². The van der Waals surface area contributed by atoms with Gasteiger partial charge in [0.05, 0.1) is 34.4 Å². The third kappa shape index (κ3) is 70.2. The topological polar surface area (TPSA) is 108 Å². The summed E-state index contributed by atoms with van der Waals surface area (Å²) in [5.74, 6) is -2.03. The number of quaternary nitrogens is 1. The Morgan fingerprint density at radius 3 is 0.899 bits per heavy atom. The first-order valence-corrected chi connectivity index (χ1v) is 35.6. The number of rotatable bonds is 64. The van der Waals surface area contributed by atoms with E-state index in [4.69, 9.17) is 18.9 Å². The average molecular weight is 1240 g/mol. The Balaban J connectivity index is 4.10. The van der Waals surface area contributed by atoms with E-state index in [2.05, 4.69) is 172 Å². The Hall–Kier alpha value is -5.09. The van der Waals surface area contributed by atoms with E-state index in [0.29, 0.717) is 17.4 Å². The van der Waals surface area contributed by atoms with Crippen molar-refractivity contribution in [3.8, 4) is 0 Å². The molecule has 0 radical (unpaired) electrons. The van der Waals surface area contributed by atoms with E-state index in [1.807, 2.05) is 21.1 Å². The minimum absolute atomic E-state index is 0.179. The van der Waals surface area contributed by atoms with Gasteiger partial charge in [0, 0.05) is 12.8 Å². The van der Waals surface area contributed by atoms with Crippen LogP contribution < -0.4 is 0 Å². The first-order valence-electron chi connectivity index (χ1n) is 35.6. The quantitative estimate of drug-likeness (QED) is 0.0211. The van der Waals surface area contributed by atoms with Gasteiger partial charge in [-0.1, -0.05) is 294 Å². The maximum absolute atomic E-state index is 13.0. The van der Waals surface area contributed by atoms with Crippen LogP contribution in [-0.4, -0.2) is 87.4 Å². The fourth-order valence-corrected chi connectivity index (χ4v) is 9.41. The highest BCUT2D eigenvalue weighted by Gasteiger charge is 2.25. The second-order valence-electron chi connectivity index (χ2n) is 24.4. The van der Waals surface area contributed by atoms with Crippen molar-refractivity contribution in [1.82, 2.24) is 0 Å². The van der Waals surface area contributed by atoms with Crippen LogP contribution in [0, 0.1) is 0 Å². The number of carboxylic acid groups (broad SMARTS) is 1. The van der Waals surface area contributed by atoms with Crippen molar-refractivity contribution in [2.45, 2.75) is 283 Å². The molecule has 9 nitrogen and oxygen atoms in total. The Labute approximate surface area is 546 Å². The smallest absolute Gasteiger partial charge is 0.361 e. The van der Waals surface area contributed by atoms with Gasteiger partial charge >= 0.3 is 17.9 Å². The minimum atomic E-state index is -1.52. The lowest BCUT2D eigenvalue weighted by molar-refractivity contribution is -0.870. The predicted molar refractivity (Wildman–Crippen MR) is 382 cm³/mol. The molecule has 0 rings (SSSR count). The van der Waals surface area contributed by atoms with Crippen molar-refractivity contribution in [2.75, 3.05) is 47.5 Å². The number of nitrogens with zero attached hydrogens (tertiary/aromatic N) is 1. The highest BCUT2D eigenvalue weighted by atomic mass is 16.7. The second-order valence-corrected chi connectivity index (χ2v) is 24.4. The van der Waals surface area contributed by atoms with Crippen LogP contribution in [0.2, 0.25) is 0 Å². The molecule has 89 heavy (non-hydrogen) atoms. The summed E-state index contributed by atoms with van der Waals surface area (Å²) in [6, 6.07) is 0. The molecule has 0 saturated carbocycles. The number of carbonyl (C=O) groups is 3. The number of carbonyl (C=O) groups excluding carboxylic acids is 2. The van der Waals surface area contributed by atoms with E-state index < -0.39 is 24.3 Å². The molecule has 0 aliphatic heterocycles. The van der Waals surface area contributed by atoms with Gasteiger partial charge in [-0.25, -0.2) is 4.79 Å². The predicted octanol–water partition coefficient (Wildman–Crippen LogP) is 22.5. The van der Waals surface area contributed by atoms with Crippen LogP contribution >= 0.6 is 0 Å². The summed E-state index contributed by atoms with van der Waals surface area (Å²) in [6.07, 6.45) is 99.3. The van der Waals surface area contributed by atoms with Gasteiger partial charge < -0.3 is 28.5 Å². The van der Waals surface area contributed by atoms with E-state index >= 15 is 0 Å². The number of allylic oxidation sites excluding steroid dienone is 26. The summed E-state index contributed by atoms with van der Waals surface area (Å²) in [4.78, 5) is 37.6. The Kier molecular flexibility index (Phi) is 64.9. The van der Waals surface area contributed by atoms with Gasteiger partial charge in [-0.3, -0.25) is 9.59 Å². The number of hydrogen-bond acceptors (Lipinski definition) is 7. The fraction of sp³-hybridized carbons (Fsp3) is 0.637. The molecule has 2 unspecified atom stereocenters. The Bertz CT molecular complexity index is 2020. The van der Waals surface area contributed by atoms with Crippen molar-refractivity contribution < 1.29 is 42.9 Å². The zero-order valence-corrected chi connectivity index (χ0v) is 57.5. The molecule has 2 atom stereocenters. The van der Waals surface area contributed by atoms with E-state index in [1.54, 1.807) is 0 Å². The fourth-order valence-electron chi connectivity index (χ4n) is 9.41. The number of ether oxygens (including phenoxy) is 4. The molecule has 0 fully saturated rings. The van der Waals surface area contributed by atoms with Crippen molar-refractivity contribution in [1.29, 1.82) is 0 Å². The standard InChI is InChI=1S/C80H131NO8/c1-6-8-10-12-14-16-18-20-22-24-26-28-30-31-32-33-34-35-36-37-38-39-40-41-42-43-44-45-46-47-49-51-53-55-57-59-61-63-65-67-69-71-78(83)89-76(75-88-80(79(84)85)86-73-72-81(3,4)5)74-87-77(82)70-68-66-64-62-60-58-56-54-52-50-48-29-27-25-23-21-19-17-15-13-11-9-7-2/h8-11,14-17,20-23,26-29,31-32,34-35,37-38,40-41,50,52,76,80H,6-7,12-13,18-19,24-25,30,33,36,39,42-49,51,53-75H2,1-5H3/p+1/b10-8-,11-9-,16-14-,17-15-,22-20-,23-21-,28-26-,29-27-,32-31-,35-34-,38-37-,41-40-,52-50-. The Morgan fingerprint density at radius 1 is 0.337 bits per heavy atom. The molecule has 1 N–H and O–H groups in total. The molecule has 0 amide bonds. The third-order valence-electron chi connectivity index (χ3n) is 14.8. The van der Waals surface area contributed by atoms with Crippen LogP contribution in [0.1, 0.15) is 271 Å². The molecule has 0 heterocycles. The van der Waals surface area contributed by atoms with Gasteiger partial charge in [0.1, 0.15) is 13.2 Å². The summed E-state index contributed by atoms with van der Waals surface area (Å²) < 4.78 is 23.0. The number of aliphatic carboxylic acids is 1. The van der Waals surface area contributed by atoms with Gasteiger partial charge in [0.2, 0.25) is 0 Å². The molecule has 0 aliphatic rings. The molecule has 0 bridgehead atoms. The van der Waals surface area contributed by atoms with Crippen molar-refractivity contribution in [2.24, 2.45) is 0 Å². The van der Waals surface area contributed by atoms with Crippen molar-refractivity contribution in [3.63, 3.8) is 0 Å². The number of esters is 2. The number of unbranched alkanes of at least 4 members (excludes halogenated alkanes) is 23. The summed E-state index contributed by atoms with van der Waals surface area (Å²) >= 11 is 0. The highest BCUT2D eigenvalue weighted by molar-refractivity contribution is 5.71. The van der Waals surface area contributed by atoms with Crippen molar-refractivity contribution in [3.05, 3.63) is 158 Å². The highest BCUT2D eigenvalue weighted by Crippen LogP contribution is 2.17. The lowest BCUT2D eigenvalue weighted by atomic mass is 10.0. The molecule has 0 spiro atoms. The molecular formula is C80H132NO8+. The van der Waals surface area contributed by atoms with E-state index in [9.17, 15) is 19.5 Å². The third-order valence-corrected chi connectivity index (χ3v) is 14.8. The monoisotopic (exact) mass is 1230 g/mol. The van der Waals surface area contributed by atoms with Gasteiger partial charge in [-0.05, 0) is 122 Å². The summed E-state index contributed by atoms with van der Waals surface area (Å²) in [7, 11) is 5.97. The number of carboxylic acids is 1. The van der Waals surface area contributed by atoms with Crippen LogP contribution in [0.5, 0.6) is 0 Å². The summed E-state index contributed by atoms with van der Waals surface area (Å²) in [5.41, 5.74) is 0. The van der Waals surface area contributed by atoms with Crippen LogP contribution in [0.3, 0.4) is 0 Å². The lowest BCUT2D eigenvalue weighted by Gasteiger charge is -2.25. The zero-order valence-electron chi connectivity index (χ0n) is 57.5. The number of hydrogen-bond donors (Lipinski definition) is 1. The van der Waals surface area contributed by atoms with Crippen molar-refractivity contribution >= 4 is 17.9 Å². The van der Waals surface area contributed by atoms with Gasteiger partial charge in [-0.15, -0.1) is 0 Å². The number of likely N-dealkylation sites (N-methyl/N-ethyl adjacent to an activating group) is 1. The van der Waals surface area contributed by atoms with E-state index in [0.717, 1.165) is 135 Å². The molecule has 0 aromatic heterocycles. The van der Waals surface area contributed by atoms with Crippen LogP contribution in [-0.2, 0) is 33.3 Å².